The summed E-state index contributed by atoms with van der Waals surface area (Å²) in [4.78, 5) is 22.7. The molecule has 0 bridgehead atoms. The van der Waals surface area contributed by atoms with Gasteiger partial charge in [0.1, 0.15) is 6.33 Å². The maximum Gasteiger partial charge on any atom is 0.273 e. The highest BCUT2D eigenvalue weighted by atomic mass is 16.6. The van der Waals surface area contributed by atoms with Crippen LogP contribution in [0.2, 0.25) is 0 Å². The van der Waals surface area contributed by atoms with E-state index in [-0.39, 0.29) is 11.3 Å². The number of aromatic nitrogens is 4. The number of nitro benzene ring substituents is 1. The average molecular weight is 365 g/mol. The summed E-state index contributed by atoms with van der Waals surface area (Å²) in [5.74, 6) is -0.533. The number of aryl methyl sites for hydroxylation is 1. The number of nitro groups is 1. The predicted molar refractivity (Wildman–Crippen MR) is 96.7 cm³/mol. The van der Waals surface area contributed by atoms with E-state index < -0.39 is 10.8 Å². The fourth-order valence-corrected chi connectivity index (χ4v) is 2.36. The topological polar surface area (TPSA) is 128 Å². The molecule has 0 atom stereocenters. The molecule has 136 valence electrons. The molecule has 10 nitrogen and oxygen atoms in total. The molecule has 0 saturated heterocycles. The van der Waals surface area contributed by atoms with Crippen LogP contribution in [0.1, 0.15) is 28.4 Å². The van der Waals surface area contributed by atoms with Gasteiger partial charge in [-0.3, -0.25) is 14.9 Å². The highest BCUT2D eigenvalue weighted by Crippen LogP contribution is 2.19. The van der Waals surface area contributed by atoms with Gasteiger partial charge in [0.25, 0.3) is 11.6 Å². The minimum Gasteiger partial charge on any atom is -0.267 e. The van der Waals surface area contributed by atoms with Crippen LogP contribution in [0.3, 0.4) is 0 Å². The molecule has 3 aromatic rings. The molecule has 0 aliphatic rings. The Balaban J connectivity index is 1.78. The first-order valence-electron chi connectivity index (χ1n) is 7.89. The van der Waals surface area contributed by atoms with Crippen molar-refractivity contribution in [3.8, 4) is 5.69 Å². The Hall–Kier alpha value is -3.95. The minimum absolute atomic E-state index is 0.113. The van der Waals surface area contributed by atoms with Crippen molar-refractivity contribution >= 4 is 17.3 Å². The van der Waals surface area contributed by atoms with Crippen molar-refractivity contribution in [2.45, 2.75) is 13.8 Å². The molecule has 1 N–H and O–H groups in total. The van der Waals surface area contributed by atoms with E-state index in [1.54, 1.807) is 13.8 Å². The molecule has 0 unspecified atom stereocenters. The van der Waals surface area contributed by atoms with Crippen molar-refractivity contribution in [2.24, 2.45) is 5.10 Å². The van der Waals surface area contributed by atoms with E-state index in [4.69, 9.17) is 0 Å². The van der Waals surface area contributed by atoms with Gasteiger partial charge in [-0.25, -0.2) is 10.1 Å². The van der Waals surface area contributed by atoms with Crippen molar-refractivity contribution in [1.29, 1.82) is 0 Å². The number of carbonyl (C=O) groups excluding carboxylic acids is 1. The Morgan fingerprint density at radius 3 is 2.74 bits per heavy atom. The lowest BCUT2D eigenvalue weighted by Crippen LogP contribution is -2.19. The molecule has 10 heteroatoms. The highest BCUT2D eigenvalue weighted by Gasteiger charge is 2.14. The quantitative estimate of drug-likeness (QED) is 0.418. The second kappa shape index (κ2) is 7.52. The largest absolute Gasteiger partial charge is 0.273 e. The number of benzene rings is 2. The first-order valence-corrected chi connectivity index (χ1v) is 7.89. The SMILES string of the molecule is CC(=NNC(=O)c1ccc(C)c([N+](=O)[O-])c1)c1cccc(-n2cnnn2)c1. The van der Waals surface area contributed by atoms with Crippen LogP contribution in [0, 0.1) is 17.0 Å². The van der Waals surface area contributed by atoms with Gasteiger partial charge in [0.15, 0.2) is 0 Å². The molecule has 1 heterocycles. The number of tetrazole rings is 1. The van der Waals surface area contributed by atoms with E-state index in [0.29, 0.717) is 11.3 Å². The number of amides is 1. The normalized spacial score (nSPS) is 11.3. The third-order valence-corrected chi connectivity index (χ3v) is 3.87. The Labute approximate surface area is 153 Å². The second-order valence-electron chi connectivity index (χ2n) is 5.70. The van der Waals surface area contributed by atoms with Gasteiger partial charge in [-0.2, -0.15) is 5.10 Å². The van der Waals surface area contributed by atoms with Crippen LogP contribution < -0.4 is 5.43 Å². The van der Waals surface area contributed by atoms with Crippen molar-refractivity contribution in [3.63, 3.8) is 0 Å². The summed E-state index contributed by atoms with van der Waals surface area (Å²) in [6, 6.07) is 11.6. The molecule has 27 heavy (non-hydrogen) atoms. The van der Waals surface area contributed by atoms with E-state index >= 15 is 0 Å². The number of nitrogens with zero attached hydrogens (tertiary/aromatic N) is 6. The highest BCUT2D eigenvalue weighted by molar-refractivity contribution is 6.01. The van der Waals surface area contributed by atoms with Crippen molar-refractivity contribution in [2.75, 3.05) is 0 Å². The second-order valence-corrected chi connectivity index (χ2v) is 5.70. The smallest absolute Gasteiger partial charge is 0.267 e. The maximum absolute atomic E-state index is 12.2. The molecular weight excluding hydrogens is 350 g/mol. The average Bonchev–Trinajstić information content (AvgIpc) is 3.21. The van der Waals surface area contributed by atoms with Crippen molar-refractivity contribution in [3.05, 3.63) is 75.6 Å². The lowest BCUT2D eigenvalue weighted by Gasteiger charge is -2.06. The van der Waals surface area contributed by atoms with Gasteiger partial charge in [0.2, 0.25) is 0 Å². The number of rotatable bonds is 5. The summed E-state index contributed by atoms with van der Waals surface area (Å²) in [7, 11) is 0. The number of carbonyl (C=O) groups is 1. The maximum atomic E-state index is 12.2. The lowest BCUT2D eigenvalue weighted by molar-refractivity contribution is -0.385. The molecule has 0 spiro atoms. The molecule has 0 aliphatic heterocycles. The van der Waals surface area contributed by atoms with Gasteiger partial charge in [0, 0.05) is 17.2 Å². The Bertz CT molecular complexity index is 1030. The van der Waals surface area contributed by atoms with Gasteiger partial charge in [-0.05, 0) is 48.0 Å². The summed E-state index contributed by atoms with van der Waals surface area (Å²) >= 11 is 0. The first-order chi connectivity index (χ1) is 13.0. The third-order valence-electron chi connectivity index (χ3n) is 3.87. The third kappa shape index (κ3) is 4.00. The van der Waals surface area contributed by atoms with Crippen molar-refractivity contribution < 1.29 is 9.72 Å². The lowest BCUT2D eigenvalue weighted by atomic mass is 10.1. The fraction of sp³-hybridized carbons (Fsp3) is 0.118. The zero-order valence-electron chi connectivity index (χ0n) is 14.5. The van der Waals surface area contributed by atoms with Crippen LogP contribution >= 0.6 is 0 Å². The summed E-state index contributed by atoms with van der Waals surface area (Å²) in [6.45, 7) is 3.34. The van der Waals surface area contributed by atoms with Crippen LogP contribution in [-0.4, -0.2) is 36.7 Å². The molecule has 0 radical (unpaired) electrons. The van der Waals surface area contributed by atoms with Crippen LogP contribution in [0.15, 0.2) is 53.9 Å². The molecule has 0 saturated carbocycles. The molecule has 1 aromatic heterocycles. The summed E-state index contributed by atoms with van der Waals surface area (Å²) in [6.07, 6.45) is 1.47. The van der Waals surface area contributed by atoms with Gasteiger partial charge in [-0.1, -0.05) is 18.2 Å². The summed E-state index contributed by atoms with van der Waals surface area (Å²) < 4.78 is 1.50. The first kappa shape index (κ1) is 17.9. The van der Waals surface area contributed by atoms with E-state index in [1.807, 2.05) is 24.3 Å². The Kier molecular flexibility index (Phi) is 4.97. The molecule has 1 amide bonds. The van der Waals surface area contributed by atoms with Crippen LogP contribution in [0.5, 0.6) is 0 Å². The minimum atomic E-state index is -0.533. The number of hydrogen-bond donors (Lipinski definition) is 1. The van der Waals surface area contributed by atoms with Crippen LogP contribution in [-0.2, 0) is 0 Å². The van der Waals surface area contributed by atoms with Gasteiger partial charge >= 0.3 is 0 Å². The van der Waals surface area contributed by atoms with E-state index in [1.165, 1.54) is 29.2 Å². The van der Waals surface area contributed by atoms with Gasteiger partial charge < -0.3 is 0 Å². The monoisotopic (exact) mass is 365 g/mol. The molecule has 0 fully saturated rings. The Morgan fingerprint density at radius 1 is 1.22 bits per heavy atom. The van der Waals surface area contributed by atoms with Crippen molar-refractivity contribution in [1.82, 2.24) is 25.6 Å². The number of hydrogen-bond acceptors (Lipinski definition) is 7. The molecule has 2 aromatic carbocycles. The molecule has 0 aliphatic carbocycles. The molecule has 3 rings (SSSR count). The standard InChI is InChI=1S/C17H15N7O3/c1-11-6-7-14(9-16(11)24(26)27)17(25)20-19-12(2)13-4-3-5-15(8-13)23-10-18-21-22-23/h3-10H,1-2H3,(H,20,25). The summed E-state index contributed by atoms with van der Waals surface area (Å²) in [5, 5.41) is 26.1. The van der Waals surface area contributed by atoms with E-state index in [2.05, 4.69) is 26.1 Å². The fourth-order valence-electron chi connectivity index (χ4n) is 2.36. The van der Waals surface area contributed by atoms with E-state index in [0.717, 1.165) is 11.3 Å². The van der Waals surface area contributed by atoms with E-state index in [9.17, 15) is 14.9 Å². The zero-order valence-corrected chi connectivity index (χ0v) is 14.5. The predicted octanol–water partition coefficient (Wildman–Crippen LogP) is 2.03. The molecular formula is C17H15N7O3. The Morgan fingerprint density at radius 2 is 2.04 bits per heavy atom. The van der Waals surface area contributed by atoms with Crippen LogP contribution in [0.4, 0.5) is 5.69 Å². The zero-order chi connectivity index (χ0) is 19.4. The van der Waals surface area contributed by atoms with Gasteiger partial charge in [0.05, 0.1) is 16.3 Å². The number of nitrogens with one attached hydrogen (secondary N) is 1. The van der Waals surface area contributed by atoms with Gasteiger partial charge in [-0.15, -0.1) is 5.10 Å². The van der Waals surface area contributed by atoms with Crippen LogP contribution in [0.25, 0.3) is 5.69 Å². The number of hydrazone groups is 1. The summed E-state index contributed by atoms with van der Waals surface area (Å²) in [5.41, 5.74) is 5.00.